The molecule has 0 amide bonds. The summed E-state index contributed by atoms with van der Waals surface area (Å²) >= 11 is 3.59. The van der Waals surface area contributed by atoms with Crippen LogP contribution >= 0.6 is 15.9 Å². The van der Waals surface area contributed by atoms with Crippen LogP contribution in [0.1, 0.15) is 18.5 Å². The molecule has 0 heterocycles. The average molecular weight is 301 g/mol. The lowest BCUT2D eigenvalue weighted by atomic mass is 10.00. The maximum Gasteiger partial charge on any atom is 0.0589 e. The van der Waals surface area contributed by atoms with Crippen LogP contribution in [0.3, 0.4) is 0 Å². The van der Waals surface area contributed by atoms with Gasteiger partial charge >= 0.3 is 0 Å². The molecule has 0 aliphatic rings. The molecule has 0 saturated carbocycles. The second kappa shape index (κ2) is 7.11. The van der Waals surface area contributed by atoms with Crippen molar-refractivity contribution in [2.75, 3.05) is 27.3 Å². The highest BCUT2D eigenvalue weighted by atomic mass is 79.9. The Balaban J connectivity index is 2.89. The van der Waals surface area contributed by atoms with E-state index in [1.807, 2.05) is 19.1 Å². The number of ether oxygens (including phenoxy) is 1. The SMILES string of the molecule is COCCN(C)C(c1ccccc1Br)C(C)N. The summed E-state index contributed by atoms with van der Waals surface area (Å²) in [6, 6.07) is 8.48. The van der Waals surface area contributed by atoms with E-state index in [1.165, 1.54) is 5.56 Å². The van der Waals surface area contributed by atoms with Crippen LogP contribution in [0.5, 0.6) is 0 Å². The molecule has 0 spiro atoms. The Labute approximate surface area is 112 Å². The van der Waals surface area contributed by atoms with E-state index >= 15 is 0 Å². The molecule has 1 rings (SSSR count). The molecule has 0 saturated heterocycles. The topological polar surface area (TPSA) is 38.5 Å². The first-order valence-corrected chi connectivity index (χ1v) is 6.56. The van der Waals surface area contributed by atoms with Crippen LogP contribution in [0.15, 0.2) is 28.7 Å². The first-order valence-electron chi connectivity index (χ1n) is 5.77. The van der Waals surface area contributed by atoms with Gasteiger partial charge < -0.3 is 10.5 Å². The predicted molar refractivity (Wildman–Crippen MR) is 75.0 cm³/mol. The lowest BCUT2D eigenvalue weighted by Gasteiger charge is -2.32. The molecule has 2 atom stereocenters. The second-order valence-corrected chi connectivity index (χ2v) is 5.15. The van der Waals surface area contributed by atoms with Crippen molar-refractivity contribution in [2.45, 2.75) is 19.0 Å². The maximum absolute atomic E-state index is 6.11. The molecule has 96 valence electrons. The number of halogens is 1. The molecule has 0 fully saturated rings. The van der Waals surface area contributed by atoms with E-state index in [0.717, 1.165) is 11.0 Å². The normalized spacial score (nSPS) is 14.9. The first-order chi connectivity index (χ1) is 8.07. The molecule has 2 N–H and O–H groups in total. The Kier molecular flexibility index (Phi) is 6.12. The van der Waals surface area contributed by atoms with Gasteiger partial charge in [0.25, 0.3) is 0 Å². The second-order valence-electron chi connectivity index (χ2n) is 4.30. The quantitative estimate of drug-likeness (QED) is 0.877. The highest BCUT2D eigenvalue weighted by Crippen LogP contribution is 2.28. The van der Waals surface area contributed by atoms with Gasteiger partial charge in [-0.3, -0.25) is 4.90 Å². The molecule has 0 aromatic heterocycles. The molecule has 3 nitrogen and oxygen atoms in total. The summed E-state index contributed by atoms with van der Waals surface area (Å²) in [4.78, 5) is 2.23. The maximum atomic E-state index is 6.11. The van der Waals surface area contributed by atoms with Crippen LogP contribution in [0.2, 0.25) is 0 Å². The number of hydrogen-bond acceptors (Lipinski definition) is 3. The Morgan fingerprint density at radius 1 is 1.41 bits per heavy atom. The Morgan fingerprint density at radius 3 is 2.59 bits per heavy atom. The molecule has 1 aromatic carbocycles. The van der Waals surface area contributed by atoms with Crippen molar-refractivity contribution >= 4 is 15.9 Å². The third kappa shape index (κ3) is 4.07. The summed E-state index contributed by atoms with van der Waals surface area (Å²) in [5.74, 6) is 0. The van der Waals surface area contributed by atoms with E-state index in [4.69, 9.17) is 10.5 Å². The molecule has 0 radical (unpaired) electrons. The van der Waals surface area contributed by atoms with E-state index in [-0.39, 0.29) is 12.1 Å². The van der Waals surface area contributed by atoms with Crippen molar-refractivity contribution in [3.8, 4) is 0 Å². The van der Waals surface area contributed by atoms with Crippen molar-refractivity contribution in [2.24, 2.45) is 5.73 Å². The molecular formula is C13H21BrN2O. The van der Waals surface area contributed by atoms with Gasteiger partial charge in [0.2, 0.25) is 0 Å². The summed E-state index contributed by atoms with van der Waals surface area (Å²) in [5.41, 5.74) is 7.33. The van der Waals surface area contributed by atoms with Crippen LogP contribution in [-0.2, 0) is 4.74 Å². The van der Waals surface area contributed by atoms with Gasteiger partial charge in [0.1, 0.15) is 0 Å². The zero-order valence-electron chi connectivity index (χ0n) is 10.7. The van der Waals surface area contributed by atoms with Gasteiger partial charge in [0.05, 0.1) is 12.6 Å². The number of hydrogen-bond donors (Lipinski definition) is 1. The number of likely N-dealkylation sites (N-methyl/N-ethyl adjacent to an activating group) is 1. The number of rotatable bonds is 6. The molecule has 17 heavy (non-hydrogen) atoms. The number of nitrogens with zero attached hydrogens (tertiary/aromatic N) is 1. The van der Waals surface area contributed by atoms with Crippen molar-refractivity contribution in [3.63, 3.8) is 0 Å². The summed E-state index contributed by atoms with van der Waals surface area (Å²) < 4.78 is 6.22. The standard InChI is InChI=1S/C13H21BrN2O/c1-10(15)13(16(2)8-9-17-3)11-6-4-5-7-12(11)14/h4-7,10,13H,8-9,15H2,1-3H3. The average Bonchev–Trinajstić information content (AvgIpc) is 2.29. The molecule has 0 bridgehead atoms. The number of methoxy groups -OCH3 is 1. The summed E-state index contributed by atoms with van der Waals surface area (Å²) in [6.45, 7) is 3.61. The van der Waals surface area contributed by atoms with Gasteiger partial charge in [-0.1, -0.05) is 34.1 Å². The third-order valence-corrected chi connectivity index (χ3v) is 3.57. The fourth-order valence-electron chi connectivity index (χ4n) is 2.01. The zero-order chi connectivity index (χ0) is 12.8. The fraction of sp³-hybridized carbons (Fsp3) is 0.538. The van der Waals surface area contributed by atoms with Gasteiger partial charge in [-0.05, 0) is 25.6 Å². The predicted octanol–water partition coefficient (Wildman–Crippen LogP) is 2.42. The Hall–Kier alpha value is -0.420. The minimum atomic E-state index is 0.0653. The van der Waals surface area contributed by atoms with Crippen molar-refractivity contribution < 1.29 is 4.74 Å². The molecular weight excluding hydrogens is 280 g/mol. The van der Waals surface area contributed by atoms with Crippen LogP contribution in [0, 0.1) is 0 Å². The van der Waals surface area contributed by atoms with Gasteiger partial charge in [-0.25, -0.2) is 0 Å². The number of nitrogens with two attached hydrogens (primary N) is 1. The highest BCUT2D eigenvalue weighted by molar-refractivity contribution is 9.10. The molecule has 0 aliphatic carbocycles. The lowest BCUT2D eigenvalue weighted by Crippen LogP contribution is -2.39. The van der Waals surface area contributed by atoms with Gasteiger partial charge in [0.15, 0.2) is 0 Å². The van der Waals surface area contributed by atoms with Gasteiger partial charge in [0, 0.05) is 24.2 Å². The van der Waals surface area contributed by atoms with Crippen LogP contribution in [0.25, 0.3) is 0 Å². The summed E-state index contributed by atoms with van der Waals surface area (Å²) in [6.07, 6.45) is 0. The molecule has 0 aliphatic heterocycles. The van der Waals surface area contributed by atoms with Gasteiger partial charge in [-0.15, -0.1) is 0 Å². The monoisotopic (exact) mass is 300 g/mol. The minimum absolute atomic E-state index is 0.0653. The van der Waals surface area contributed by atoms with Crippen LogP contribution in [-0.4, -0.2) is 38.3 Å². The van der Waals surface area contributed by atoms with E-state index < -0.39 is 0 Å². The van der Waals surface area contributed by atoms with Crippen LogP contribution < -0.4 is 5.73 Å². The molecule has 4 heteroatoms. The van der Waals surface area contributed by atoms with E-state index in [0.29, 0.717) is 6.61 Å². The first kappa shape index (κ1) is 14.6. The van der Waals surface area contributed by atoms with E-state index in [9.17, 15) is 0 Å². The lowest BCUT2D eigenvalue weighted by molar-refractivity contribution is 0.131. The fourth-order valence-corrected chi connectivity index (χ4v) is 2.53. The van der Waals surface area contributed by atoms with Crippen molar-refractivity contribution in [3.05, 3.63) is 34.3 Å². The Bertz CT molecular complexity index is 344. The van der Waals surface area contributed by atoms with Gasteiger partial charge in [-0.2, -0.15) is 0 Å². The van der Waals surface area contributed by atoms with Crippen LogP contribution in [0.4, 0.5) is 0 Å². The zero-order valence-corrected chi connectivity index (χ0v) is 12.3. The Morgan fingerprint density at radius 2 is 2.06 bits per heavy atom. The summed E-state index contributed by atoms with van der Waals surface area (Å²) in [7, 11) is 3.79. The van der Waals surface area contributed by atoms with Crippen molar-refractivity contribution in [1.82, 2.24) is 4.90 Å². The van der Waals surface area contributed by atoms with Crippen molar-refractivity contribution in [1.29, 1.82) is 0 Å². The summed E-state index contributed by atoms with van der Waals surface area (Å²) in [5, 5.41) is 0. The highest BCUT2D eigenvalue weighted by Gasteiger charge is 2.22. The third-order valence-electron chi connectivity index (χ3n) is 2.84. The number of benzene rings is 1. The van der Waals surface area contributed by atoms with E-state index in [2.05, 4.69) is 40.0 Å². The molecule has 2 unspecified atom stereocenters. The largest absolute Gasteiger partial charge is 0.383 e. The molecule has 1 aromatic rings. The smallest absolute Gasteiger partial charge is 0.0589 e. The minimum Gasteiger partial charge on any atom is -0.383 e. The van der Waals surface area contributed by atoms with E-state index in [1.54, 1.807) is 7.11 Å².